The molecule has 11 aromatic rings. The fourth-order valence-corrected chi connectivity index (χ4v) is 10.00. The molecule has 0 radical (unpaired) electrons. The Morgan fingerprint density at radius 1 is 0.396 bits per heavy atom. The van der Waals surface area contributed by atoms with Crippen molar-refractivity contribution in [1.29, 1.82) is 0 Å². The standard InChI is InChI=1S/C44H25NOS2/c1-4-13-37-30(8-1)31-22-21-29(25-38(31)46-37)45(36-12-7-11-33-32-9-2-5-14-39(32)48-44(33)36)28-20-18-26-16-17-27-19-23-41-43(42(27)35(26)24-28)34-10-3-6-15-40(34)47-41/h1-25H. The molecule has 0 saturated carbocycles. The number of furan rings is 1. The molecule has 4 heteroatoms. The van der Waals surface area contributed by atoms with Gasteiger partial charge < -0.3 is 9.32 Å². The van der Waals surface area contributed by atoms with E-state index in [0.717, 1.165) is 39.0 Å². The Morgan fingerprint density at radius 3 is 1.98 bits per heavy atom. The lowest BCUT2D eigenvalue weighted by Crippen LogP contribution is -2.10. The second kappa shape index (κ2) is 9.91. The minimum absolute atomic E-state index is 0.889. The maximum atomic E-state index is 6.44. The Labute approximate surface area is 283 Å². The van der Waals surface area contributed by atoms with Crippen LogP contribution in [0.25, 0.3) is 83.8 Å². The maximum Gasteiger partial charge on any atom is 0.137 e. The van der Waals surface area contributed by atoms with Crippen LogP contribution in [0.15, 0.2) is 156 Å². The minimum Gasteiger partial charge on any atom is -0.456 e. The van der Waals surface area contributed by atoms with Crippen LogP contribution in [0.1, 0.15) is 0 Å². The zero-order valence-electron chi connectivity index (χ0n) is 25.6. The number of rotatable bonds is 3. The number of hydrogen-bond acceptors (Lipinski definition) is 4. The van der Waals surface area contributed by atoms with Crippen LogP contribution in [-0.2, 0) is 0 Å². The summed E-state index contributed by atoms with van der Waals surface area (Å²) in [5, 5.41) is 12.6. The van der Waals surface area contributed by atoms with Crippen molar-refractivity contribution in [1.82, 2.24) is 0 Å². The number of nitrogens with zero attached hydrogens (tertiary/aromatic N) is 1. The van der Waals surface area contributed by atoms with Crippen LogP contribution in [0.2, 0.25) is 0 Å². The first-order chi connectivity index (χ1) is 23.8. The van der Waals surface area contributed by atoms with Crippen molar-refractivity contribution in [2.45, 2.75) is 0 Å². The van der Waals surface area contributed by atoms with E-state index >= 15 is 0 Å². The molecule has 224 valence electrons. The van der Waals surface area contributed by atoms with Crippen molar-refractivity contribution in [3.05, 3.63) is 152 Å². The normalized spacial score (nSPS) is 12.2. The van der Waals surface area contributed by atoms with Gasteiger partial charge in [-0.15, -0.1) is 22.7 Å². The molecule has 2 nitrogen and oxygen atoms in total. The molecular formula is C44H25NOS2. The molecule has 0 fully saturated rings. The lowest BCUT2D eigenvalue weighted by Gasteiger charge is -2.26. The molecule has 48 heavy (non-hydrogen) atoms. The van der Waals surface area contributed by atoms with Crippen molar-refractivity contribution in [2.24, 2.45) is 0 Å². The molecule has 0 spiro atoms. The Bertz CT molecular complexity index is 3090. The average Bonchev–Trinajstić information content (AvgIpc) is 3.83. The Hall–Kier alpha value is -5.68. The van der Waals surface area contributed by atoms with Gasteiger partial charge in [0.15, 0.2) is 0 Å². The fourth-order valence-electron chi connectivity index (χ4n) is 7.68. The summed E-state index contributed by atoms with van der Waals surface area (Å²) in [4.78, 5) is 2.43. The van der Waals surface area contributed by atoms with Gasteiger partial charge in [0.1, 0.15) is 11.2 Å². The zero-order chi connectivity index (χ0) is 31.3. The van der Waals surface area contributed by atoms with E-state index in [4.69, 9.17) is 4.42 Å². The third kappa shape index (κ3) is 3.73. The molecule has 0 unspecified atom stereocenters. The predicted molar refractivity (Wildman–Crippen MR) is 209 cm³/mol. The van der Waals surface area contributed by atoms with E-state index in [9.17, 15) is 0 Å². The lowest BCUT2D eigenvalue weighted by molar-refractivity contribution is 0.669. The Kier molecular flexibility index (Phi) is 5.45. The van der Waals surface area contributed by atoms with Crippen molar-refractivity contribution in [2.75, 3.05) is 4.90 Å². The second-order valence-electron chi connectivity index (χ2n) is 12.5. The van der Waals surface area contributed by atoms with E-state index in [1.807, 2.05) is 34.8 Å². The predicted octanol–water partition coefficient (Wildman–Crippen LogP) is 14.1. The highest BCUT2D eigenvalue weighted by Gasteiger charge is 2.21. The first-order valence-electron chi connectivity index (χ1n) is 16.2. The zero-order valence-corrected chi connectivity index (χ0v) is 27.2. The molecule has 0 amide bonds. The summed E-state index contributed by atoms with van der Waals surface area (Å²) >= 11 is 3.74. The largest absolute Gasteiger partial charge is 0.456 e. The van der Waals surface area contributed by atoms with E-state index in [1.54, 1.807) is 0 Å². The van der Waals surface area contributed by atoms with E-state index in [2.05, 4.69) is 144 Å². The van der Waals surface area contributed by atoms with E-state index in [-0.39, 0.29) is 0 Å². The van der Waals surface area contributed by atoms with Gasteiger partial charge in [0.25, 0.3) is 0 Å². The molecule has 11 rings (SSSR count). The summed E-state index contributed by atoms with van der Waals surface area (Å²) in [5.41, 5.74) is 5.14. The molecule has 8 aromatic carbocycles. The Balaban J connectivity index is 1.23. The van der Waals surface area contributed by atoms with Crippen LogP contribution < -0.4 is 4.90 Å². The van der Waals surface area contributed by atoms with Gasteiger partial charge in [-0.3, -0.25) is 0 Å². The van der Waals surface area contributed by atoms with Crippen LogP contribution in [0.5, 0.6) is 0 Å². The SMILES string of the molecule is c1ccc2c(c1)oc1cc(N(c3ccc4ccc5ccc6sc7ccccc7c6c5c4c3)c3cccc4c3sc3ccccc34)ccc12. The monoisotopic (exact) mass is 647 g/mol. The molecule has 3 heterocycles. The van der Waals surface area contributed by atoms with Crippen LogP contribution in [-0.4, -0.2) is 0 Å². The Morgan fingerprint density at radius 2 is 1.06 bits per heavy atom. The third-order valence-electron chi connectivity index (χ3n) is 9.83. The van der Waals surface area contributed by atoms with Crippen molar-refractivity contribution in [3.8, 4) is 0 Å². The number of anilines is 3. The number of fused-ring (bicyclic) bond motifs is 13. The van der Waals surface area contributed by atoms with Gasteiger partial charge in [-0.2, -0.15) is 0 Å². The number of para-hydroxylation sites is 1. The smallest absolute Gasteiger partial charge is 0.137 e. The van der Waals surface area contributed by atoms with Gasteiger partial charge in [-0.25, -0.2) is 0 Å². The number of benzene rings is 8. The van der Waals surface area contributed by atoms with Crippen LogP contribution in [0.3, 0.4) is 0 Å². The summed E-state index contributed by atoms with van der Waals surface area (Å²) in [6.07, 6.45) is 0. The molecule has 0 saturated heterocycles. The molecule has 0 aliphatic heterocycles. The third-order valence-corrected chi connectivity index (χ3v) is 12.2. The maximum absolute atomic E-state index is 6.44. The van der Waals surface area contributed by atoms with Gasteiger partial charge in [-0.1, -0.05) is 91.0 Å². The van der Waals surface area contributed by atoms with Gasteiger partial charge in [0.05, 0.1) is 10.4 Å². The van der Waals surface area contributed by atoms with E-state index in [1.165, 1.54) is 61.9 Å². The van der Waals surface area contributed by atoms with Crippen LogP contribution in [0.4, 0.5) is 17.1 Å². The van der Waals surface area contributed by atoms with Crippen LogP contribution in [0, 0.1) is 0 Å². The van der Waals surface area contributed by atoms with Gasteiger partial charge >= 0.3 is 0 Å². The van der Waals surface area contributed by atoms with Crippen molar-refractivity contribution < 1.29 is 4.42 Å². The molecule has 3 aromatic heterocycles. The molecule has 0 N–H and O–H groups in total. The van der Waals surface area contributed by atoms with Gasteiger partial charge in [-0.05, 0) is 76.1 Å². The summed E-state index contributed by atoms with van der Waals surface area (Å²) in [6.45, 7) is 0. The number of thiophene rings is 2. The van der Waals surface area contributed by atoms with Gasteiger partial charge in [0.2, 0.25) is 0 Å². The van der Waals surface area contributed by atoms with E-state index in [0.29, 0.717) is 0 Å². The number of hydrogen-bond donors (Lipinski definition) is 0. The molecule has 0 aliphatic carbocycles. The molecule has 0 bridgehead atoms. The minimum atomic E-state index is 0.889. The highest BCUT2D eigenvalue weighted by molar-refractivity contribution is 7.26. The van der Waals surface area contributed by atoms with Crippen molar-refractivity contribution in [3.63, 3.8) is 0 Å². The van der Waals surface area contributed by atoms with Gasteiger partial charge in [0, 0.05) is 63.9 Å². The molecule has 0 atom stereocenters. The topological polar surface area (TPSA) is 16.4 Å². The fraction of sp³-hybridized carbons (Fsp3) is 0. The quantitative estimate of drug-likeness (QED) is 0.177. The second-order valence-corrected chi connectivity index (χ2v) is 14.6. The van der Waals surface area contributed by atoms with E-state index < -0.39 is 0 Å². The lowest BCUT2D eigenvalue weighted by atomic mass is 9.97. The van der Waals surface area contributed by atoms with Crippen LogP contribution >= 0.6 is 22.7 Å². The summed E-state index contributed by atoms with van der Waals surface area (Å²) < 4.78 is 11.6. The highest BCUT2D eigenvalue weighted by atomic mass is 32.1. The average molecular weight is 648 g/mol. The first kappa shape index (κ1) is 26.4. The van der Waals surface area contributed by atoms with Crippen molar-refractivity contribution >= 4 is 124 Å². The summed E-state index contributed by atoms with van der Waals surface area (Å²) in [6, 6.07) is 55.3. The highest BCUT2D eigenvalue weighted by Crippen LogP contribution is 2.47. The first-order valence-corrected chi connectivity index (χ1v) is 17.8. The molecular weight excluding hydrogens is 623 g/mol. The molecule has 0 aliphatic rings. The summed E-state index contributed by atoms with van der Waals surface area (Å²) in [7, 11) is 0. The summed E-state index contributed by atoms with van der Waals surface area (Å²) in [5.74, 6) is 0.